The predicted octanol–water partition coefficient (Wildman–Crippen LogP) is 0.298. The molecule has 1 saturated heterocycles. The minimum absolute atomic E-state index is 0.0561. The zero-order valence-corrected chi connectivity index (χ0v) is 8.25. The van der Waals surface area contributed by atoms with Gasteiger partial charge < -0.3 is 10.4 Å². The van der Waals surface area contributed by atoms with Crippen molar-refractivity contribution in [1.82, 2.24) is 10.2 Å². The Morgan fingerprint density at radius 1 is 1.50 bits per heavy atom. The molecule has 1 aliphatic heterocycles. The number of hydrogen-bond acceptors (Lipinski definition) is 3. The topological polar surface area (TPSA) is 35.5 Å². The van der Waals surface area contributed by atoms with Crippen molar-refractivity contribution in [3.8, 4) is 0 Å². The molecule has 1 rings (SSSR count). The van der Waals surface area contributed by atoms with E-state index in [2.05, 4.69) is 5.32 Å². The molecule has 0 aromatic heterocycles. The smallest absolute Gasteiger partial charge is 0.251 e. The molecule has 1 atom stereocenters. The lowest BCUT2D eigenvalue weighted by molar-refractivity contribution is 0.0743. The lowest BCUT2D eigenvalue weighted by atomic mass is 10.2. The molecule has 0 spiro atoms. The average molecular weight is 208 g/mol. The minimum Gasteiger partial charge on any atom is -0.395 e. The predicted molar refractivity (Wildman–Crippen MR) is 50.6 cm³/mol. The van der Waals surface area contributed by atoms with Crippen LogP contribution in [0.1, 0.15) is 12.8 Å². The van der Waals surface area contributed by atoms with Crippen molar-refractivity contribution in [2.24, 2.45) is 0 Å². The van der Waals surface area contributed by atoms with Gasteiger partial charge in [-0.05, 0) is 19.4 Å². The number of hydrogen-bond donors (Lipinski definition) is 2. The van der Waals surface area contributed by atoms with Gasteiger partial charge in [-0.2, -0.15) is 0 Å². The Hall–Kier alpha value is -0.260. The van der Waals surface area contributed by atoms with Gasteiger partial charge in [0.05, 0.1) is 13.2 Å². The normalized spacial score (nSPS) is 22.5. The Bertz CT molecular complexity index is 152. The highest BCUT2D eigenvalue weighted by atomic mass is 19.3. The molecule has 0 amide bonds. The van der Waals surface area contributed by atoms with Crippen LogP contribution in [0.3, 0.4) is 0 Å². The van der Waals surface area contributed by atoms with Gasteiger partial charge in [-0.15, -0.1) is 0 Å². The zero-order chi connectivity index (χ0) is 10.4. The van der Waals surface area contributed by atoms with Crippen LogP contribution in [0, 0.1) is 0 Å². The van der Waals surface area contributed by atoms with Crippen molar-refractivity contribution >= 4 is 0 Å². The first-order chi connectivity index (χ1) is 6.72. The molecular weight excluding hydrogens is 190 g/mol. The van der Waals surface area contributed by atoms with Crippen LogP contribution < -0.4 is 5.32 Å². The molecule has 0 aromatic rings. The number of halogens is 2. The first kappa shape index (κ1) is 11.8. The maximum Gasteiger partial charge on any atom is 0.251 e. The standard InChI is InChI=1S/C9H18F2N2O/c10-9(11)7-13(4-5-14)6-8-2-1-3-12-8/h8-9,12,14H,1-7H2. The van der Waals surface area contributed by atoms with Gasteiger partial charge in [0.1, 0.15) is 0 Å². The number of nitrogens with one attached hydrogen (secondary N) is 1. The van der Waals surface area contributed by atoms with Crippen molar-refractivity contribution in [2.45, 2.75) is 25.3 Å². The Morgan fingerprint density at radius 3 is 2.79 bits per heavy atom. The molecule has 1 fully saturated rings. The van der Waals surface area contributed by atoms with Crippen molar-refractivity contribution < 1.29 is 13.9 Å². The second-order valence-corrected chi connectivity index (χ2v) is 3.67. The summed E-state index contributed by atoms with van der Waals surface area (Å²) < 4.78 is 24.3. The van der Waals surface area contributed by atoms with Gasteiger partial charge >= 0.3 is 0 Å². The highest BCUT2D eigenvalue weighted by Gasteiger charge is 2.19. The van der Waals surface area contributed by atoms with Crippen LogP contribution in [-0.2, 0) is 0 Å². The second-order valence-electron chi connectivity index (χ2n) is 3.67. The monoisotopic (exact) mass is 208 g/mol. The van der Waals surface area contributed by atoms with E-state index < -0.39 is 6.43 Å². The third-order valence-corrected chi connectivity index (χ3v) is 2.45. The fourth-order valence-electron chi connectivity index (χ4n) is 1.82. The van der Waals surface area contributed by atoms with Gasteiger partial charge in [0.25, 0.3) is 6.43 Å². The molecule has 84 valence electrons. The zero-order valence-electron chi connectivity index (χ0n) is 8.25. The van der Waals surface area contributed by atoms with E-state index in [1.807, 2.05) is 0 Å². The summed E-state index contributed by atoms with van der Waals surface area (Å²) in [6, 6.07) is 0.320. The molecule has 0 aliphatic carbocycles. The summed E-state index contributed by atoms with van der Waals surface area (Å²) in [5.74, 6) is 0. The molecule has 1 heterocycles. The quantitative estimate of drug-likeness (QED) is 0.659. The molecule has 5 heteroatoms. The van der Waals surface area contributed by atoms with Gasteiger partial charge in [-0.25, -0.2) is 8.78 Å². The van der Waals surface area contributed by atoms with E-state index in [-0.39, 0.29) is 13.2 Å². The fourth-order valence-corrected chi connectivity index (χ4v) is 1.82. The third-order valence-electron chi connectivity index (χ3n) is 2.45. The fraction of sp³-hybridized carbons (Fsp3) is 1.00. The number of aliphatic hydroxyl groups is 1. The van der Waals surface area contributed by atoms with Crippen molar-refractivity contribution in [2.75, 3.05) is 32.8 Å². The molecule has 1 unspecified atom stereocenters. The van der Waals surface area contributed by atoms with Gasteiger partial charge in [0, 0.05) is 19.1 Å². The molecule has 14 heavy (non-hydrogen) atoms. The number of rotatable bonds is 6. The number of nitrogens with zero attached hydrogens (tertiary/aromatic N) is 1. The molecular formula is C9H18F2N2O. The van der Waals surface area contributed by atoms with Crippen molar-refractivity contribution in [3.05, 3.63) is 0 Å². The Morgan fingerprint density at radius 2 is 2.29 bits per heavy atom. The SMILES string of the molecule is OCCN(CC(F)F)CC1CCCN1. The number of alkyl halides is 2. The van der Waals surface area contributed by atoms with Crippen LogP contribution in [0.2, 0.25) is 0 Å². The summed E-state index contributed by atoms with van der Waals surface area (Å²) in [6.07, 6.45) is -0.153. The van der Waals surface area contributed by atoms with E-state index in [1.54, 1.807) is 4.90 Å². The van der Waals surface area contributed by atoms with E-state index in [4.69, 9.17) is 5.11 Å². The minimum atomic E-state index is -2.32. The maximum absolute atomic E-state index is 12.1. The van der Waals surface area contributed by atoms with Crippen LogP contribution >= 0.6 is 0 Å². The Labute approximate surface area is 83.1 Å². The highest BCUT2D eigenvalue weighted by molar-refractivity contribution is 4.78. The van der Waals surface area contributed by atoms with Crippen LogP contribution in [0.5, 0.6) is 0 Å². The summed E-state index contributed by atoms with van der Waals surface area (Å²) >= 11 is 0. The lowest BCUT2D eigenvalue weighted by Crippen LogP contribution is -2.41. The molecule has 0 bridgehead atoms. The van der Waals surface area contributed by atoms with Gasteiger partial charge in [0.15, 0.2) is 0 Å². The summed E-state index contributed by atoms with van der Waals surface area (Å²) in [6.45, 7) is 1.64. The number of aliphatic hydroxyl groups excluding tert-OH is 1. The summed E-state index contributed by atoms with van der Waals surface area (Å²) in [5.41, 5.74) is 0. The molecule has 2 N–H and O–H groups in total. The Balaban J connectivity index is 2.25. The van der Waals surface area contributed by atoms with E-state index >= 15 is 0 Å². The lowest BCUT2D eigenvalue weighted by Gasteiger charge is -2.24. The van der Waals surface area contributed by atoms with Crippen molar-refractivity contribution in [3.63, 3.8) is 0 Å². The van der Waals surface area contributed by atoms with Crippen LogP contribution in [0.4, 0.5) is 8.78 Å². The Kier molecular flexibility index (Phi) is 5.29. The van der Waals surface area contributed by atoms with E-state index in [0.29, 0.717) is 19.1 Å². The van der Waals surface area contributed by atoms with Crippen molar-refractivity contribution in [1.29, 1.82) is 0 Å². The van der Waals surface area contributed by atoms with Gasteiger partial charge in [0.2, 0.25) is 0 Å². The molecule has 0 aromatic carbocycles. The molecule has 3 nitrogen and oxygen atoms in total. The van der Waals surface area contributed by atoms with E-state index in [1.165, 1.54) is 0 Å². The summed E-state index contributed by atoms with van der Waals surface area (Å²) in [4.78, 5) is 1.62. The van der Waals surface area contributed by atoms with Crippen LogP contribution in [0.15, 0.2) is 0 Å². The summed E-state index contributed by atoms with van der Waals surface area (Å²) in [5, 5.41) is 12.0. The first-order valence-corrected chi connectivity index (χ1v) is 5.07. The molecule has 0 saturated carbocycles. The van der Waals surface area contributed by atoms with E-state index in [0.717, 1.165) is 19.4 Å². The summed E-state index contributed by atoms with van der Waals surface area (Å²) in [7, 11) is 0. The van der Waals surface area contributed by atoms with Crippen LogP contribution in [0.25, 0.3) is 0 Å². The molecule has 0 radical (unpaired) electrons. The maximum atomic E-state index is 12.1. The van der Waals surface area contributed by atoms with Gasteiger partial charge in [-0.3, -0.25) is 4.90 Å². The van der Waals surface area contributed by atoms with E-state index in [9.17, 15) is 8.78 Å². The average Bonchev–Trinajstić information content (AvgIpc) is 2.56. The third kappa shape index (κ3) is 4.30. The van der Waals surface area contributed by atoms with Crippen LogP contribution in [-0.4, -0.2) is 55.3 Å². The largest absolute Gasteiger partial charge is 0.395 e. The highest BCUT2D eigenvalue weighted by Crippen LogP contribution is 2.08. The van der Waals surface area contributed by atoms with Gasteiger partial charge in [-0.1, -0.05) is 0 Å². The second kappa shape index (κ2) is 6.27. The first-order valence-electron chi connectivity index (χ1n) is 5.07. The molecule has 1 aliphatic rings.